The Balaban J connectivity index is 1.68. The van der Waals surface area contributed by atoms with Crippen LogP contribution in [0.15, 0.2) is 0 Å². The molecule has 0 radical (unpaired) electrons. The normalized spacial score (nSPS) is 40.0. The third-order valence-electron chi connectivity index (χ3n) is 5.70. The molecule has 104 valence electrons. The van der Waals surface area contributed by atoms with Gasteiger partial charge in [0.25, 0.3) is 0 Å². The van der Waals surface area contributed by atoms with Gasteiger partial charge in [0, 0.05) is 38.3 Å². The first-order valence-electron chi connectivity index (χ1n) is 7.87. The van der Waals surface area contributed by atoms with Gasteiger partial charge in [-0.15, -0.1) is 0 Å². The number of piperazine rings is 1. The summed E-state index contributed by atoms with van der Waals surface area (Å²) < 4.78 is 0. The molecular formula is C15H29N3. The van der Waals surface area contributed by atoms with E-state index in [4.69, 9.17) is 5.73 Å². The van der Waals surface area contributed by atoms with Crippen molar-refractivity contribution in [3.8, 4) is 0 Å². The van der Waals surface area contributed by atoms with Gasteiger partial charge in [-0.3, -0.25) is 4.90 Å². The van der Waals surface area contributed by atoms with E-state index < -0.39 is 0 Å². The smallest absolute Gasteiger partial charge is 0.0335 e. The molecule has 0 amide bonds. The minimum atomic E-state index is 0.354. The zero-order valence-electron chi connectivity index (χ0n) is 11.9. The summed E-state index contributed by atoms with van der Waals surface area (Å²) in [4.78, 5) is 5.18. The number of likely N-dealkylation sites (N-methyl/N-ethyl adjacent to an activating group) is 1. The molecule has 3 aliphatic rings. The van der Waals surface area contributed by atoms with Crippen LogP contribution in [0.4, 0.5) is 0 Å². The zero-order valence-corrected chi connectivity index (χ0v) is 11.9. The summed E-state index contributed by atoms with van der Waals surface area (Å²) in [6.07, 6.45) is 8.60. The minimum Gasteiger partial charge on any atom is -0.329 e. The molecule has 2 aliphatic carbocycles. The van der Waals surface area contributed by atoms with Gasteiger partial charge in [0.15, 0.2) is 0 Å². The summed E-state index contributed by atoms with van der Waals surface area (Å²) in [5.74, 6) is 2.05. The van der Waals surface area contributed by atoms with Gasteiger partial charge >= 0.3 is 0 Å². The Hall–Kier alpha value is -0.120. The molecular weight excluding hydrogens is 222 g/mol. The van der Waals surface area contributed by atoms with Gasteiger partial charge < -0.3 is 10.6 Å². The van der Waals surface area contributed by atoms with Gasteiger partial charge in [-0.2, -0.15) is 0 Å². The molecule has 2 saturated carbocycles. The maximum atomic E-state index is 6.23. The fourth-order valence-corrected chi connectivity index (χ4v) is 4.24. The molecule has 3 nitrogen and oxygen atoms in total. The molecule has 0 spiro atoms. The Bertz CT molecular complexity index is 281. The first-order valence-corrected chi connectivity index (χ1v) is 7.87. The Morgan fingerprint density at radius 2 is 1.78 bits per heavy atom. The fourth-order valence-electron chi connectivity index (χ4n) is 4.24. The molecule has 0 aromatic carbocycles. The minimum absolute atomic E-state index is 0.354. The lowest BCUT2D eigenvalue weighted by molar-refractivity contribution is 0.000811. The van der Waals surface area contributed by atoms with Crippen molar-refractivity contribution in [3.05, 3.63) is 0 Å². The van der Waals surface area contributed by atoms with Crippen molar-refractivity contribution in [3.63, 3.8) is 0 Å². The summed E-state index contributed by atoms with van der Waals surface area (Å²) in [5.41, 5.74) is 6.59. The van der Waals surface area contributed by atoms with Crippen LogP contribution in [0.1, 0.15) is 38.5 Å². The molecule has 0 aromatic heterocycles. The molecule has 3 rings (SSSR count). The predicted molar refractivity (Wildman–Crippen MR) is 75.5 cm³/mol. The van der Waals surface area contributed by atoms with Crippen LogP contribution in [-0.4, -0.2) is 55.1 Å². The van der Waals surface area contributed by atoms with Crippen molar-refractivity contribution in [1.82, 2.24) is 9.80 Å². The summed E-state index contributed by atoms with van der Waals surface area (Å²) in [5, 5.41) is 0. The number of hydrogen-bond acceptors (Lipinski definition) is 3. The summed E-state index contributed by atoms with van der Waals surface area (Å²) in [6.45, 7) is 5.77. The molecule has 3 fully saturated rings. The van der Waals surface area contributed by atoms with Gasteiger partial charge in [-0.1, -0.05) is 12.8 Å². The first-order chi connectivity index (χ1) is 8.73. The number of hydrogen-bond donors (Lipinski definition) is 1. The van der Waals surface area contributed by atoms with Crippen LogP contribution in [-0.2, 0) is 0 Å². The van der Waals surface area contributed by atoms with Crippen LogP contribution >= 0.6 is 0 Å². The molecule has 3 heteroatoms. The van der Waals surface area contributed by atoms with Crippen LogP contribution < -0.4 is 5.73 Å². The Morgan fingerprint density at radius 1 is 1.06 bits per heavy atom. The lowest BCUT2D eigenvalue weighted by atomic mass is 9.72. The van der Waals surface area contributed by atoms with Gasteiger partial charge in [0.1, 0.15) is 0 Å². The lowest BCUT2D eigenvalue weighted by Gasteiger charge is -2.51. The van der Waals surface area contributed by atoms with Crippen LogP contribution in [0.2, 0.25) is 0 Å². The van der Waals surface area contributed by atoms with Gasteiger partial charge in [-0.25, -0.2) is 0 Å². The molecule has 18 heavy (non-hydrogen) atoms. The van der Waals surface area contributed by atoms with E-state index in [9.17, 15) is 0 Å². The van der Waals surface area contributed by atoms with Gasteiger partial charge in [-0.05, 0) is 44.6 Å². The highest BCUT2D eigenvalue weighted by molar-refractivity contribution is 5.00. The summed E-state index contributed by atoms with van der Waals surface area (Å²) in [6, 6.07) is 0. The third kappa shape index (κ3) is 2.45. The molecule has 2 unspecified atom stereocenters. The quantitative estimate of drug-likeness (QED) is 0.826. The van der Waals surface area contributed by atoms with Crippen molar-refractivity contribution in [2.45, 2.75) is 44.1 Å². The SMILES string of the molecule is CN1CCN(C2(CN)CCCC(C3CC3)C2)CC1. The molecule has 2 N–H and O–H groups in total. The van der Waals surface area contributed by atoms with Crippen molar-refractivity contribution in [2.75, 3.05) is 39.8 Å². The monoisotopic (exact) mass is 251 g/mol. The molecule has 1 heterocycles. The van der Waals surface area contributed by atoms with Crippen LogP contribution in [0.5, 0.6) is 0 Å². The first kappa shape index (κ1) is 12.9. The topological polar surface area (TPSA) is 32.5 Å². The molecule has 1 saturated heterocycles. The van der Waals surface area contributed by atoms with Gasteiger partial charge in [0.05, 0.1) is 0 Å². The lowest BCUT2D eigenvalue weighted by Crippen LogP contribution is -2.61. The van der Waals surface area contributed by atoms with E-state index in [2.05, 4.69) is 16.8 Å². The van der Waals surface area contributed by atoms with Crippen molar-refractivity contribution < 1.29 is 0 Å². The number of rotatable bonds is 3. The highest BCUT2D eigenvalue weighted by Crippen LogP contribution is 2.48. The van der Waals surface area contributed by atoms with Gasteiger partial charge in [0.2, 0.25) is 0 Å². The predicted octanol–water partition coefficient (Wildman–Crippen LogP) is 1.53. The zero-order chi connectivity index (χ0) is 12.6. The number of nitrogens with zero attached hydrogens (tertiary/aromatic N) is 2. The summed E-state index contributed by atoms with van der Waals surface area (Å²) in [7, 11) is 2.24. The van der Waals surface area contributed by atoms with E-state index in [1.54, 1.807) is 0 Å². The summed E-state index contributed by atoms with van der Waals surface area (Å²) >= 11 is 0. The molecule has 0 bridgehead atoms. The number of nitrogens with two attached hydrogens (primary N) is 1. The standard InChI is InChI=1S/C15H29N3/c1-17-7-9-18(10-8-17)15(12-16)6-2-3-14(11-15)13-4-5-13/h13-14H,2-12,16H2,1H3. The highest BCUT2D eigenvalue weighted by atomic mass is 15.3. The fraction of sp³-hybridized carbons (Fsp3) is 1.00. The average molecular weight is 251 g/mol. The highest BCUT2D eigenvalue weighted by Gasteiger charge is 2.44. The average Bonchev–Trinajstić information content (AvgIpc) is 3.24. The van der Waals surface area contributed by atoms with Crippen LogP contribution in [0.3, 0.4) is 0 Å². The van der Waals surface area contributed by atoms with Crippen molar-refractivity contribution >= 4 is 0 Å². The Kier molecular flexibility index (Phi) is 3.65. The maximum Gasteiger partial charge on any atom is 0.0335 e. The van der Waals surface area contributed by atoms with Crippen LogP contribution in [0, 0.1) is 11.8 Å². The van der Waals surface area contributed by atoms with Crippen LogP contribution in [0.25, 0.3) is 0 Å². The third-order valence-corrected chi connectivity index (χ3v) is 5.70. The van der Waals surface area contributed by atoms with E-state index in [-0.39, 0.29) is 0 Å². The molecule has 2 atom stereocenters. The van der Waals surface area contributed by atoms with E-state index >= 15 is 0 Å². The van der Waals surface area contributed by atoms with E-state index in [1.165, 1.54) is 64.7 Å². The van der Waals surface area contributed by atoms with E-state index in [0.29, 0.717) is 5.54 Å². The van der Waals surface area contributed by atoms with Crippen molar-refractivity contribution in [2.24, 2.45) is 17.6 Å². The van der Waals surface area contributed by atoms with Crippen molar-refractivity contribution in [1.29, 1.82) is 0 Å². The largest absolute Gasteiger partial charge is 0.329 e. The second kappa shape index (κ2) is 5.10. The second-order valence-corrected chi connectivity index (χ2v) is 6.91. The molecule has 0 aromatic rings. The molecule has 1 aliphatic heterocycles. The van der Waals surface area contributed by atoms with E-state index in [0.717, 1.165) is 18.4 Å². The second-order valence-electron chi connectivity index (χ2n) is 6.91. The maximum absolute atomic E-state index is 6.23. The van der Waals surface area contributed by atoms with E-state index in [1.807, 2.05) is 0 Å². The Morgan fingerprint density at radius 3 is 2.39 bits per heavy atom. The Labute approximate surface area is 112 Å².